The molecule has 1 N–H and O–H groups in total. The van der Waals surface area contributed by atoms with Crippen LogP contribution in [-0.4, -0.2) is 11.7 Å². The van der Waals surface area contributed by atoms with E-state index in [0.29, 0.717) is 12.5 Å². The molecule has 0 aromatic carbocycles. The molecular formula is C11H18O. The van der Waals surface area contributed by atoms with E-state index in [4.69, 9.17) is 0 Å². The molecule has 3 rings (SSSR count). The minimum atomic E-state index is 0.471. The largest absolute Gasteiger partial charge is 0.396 e. The summed E-state index contributed by atoms with van der Waals surface area (Å²) in [4.78, 5) is 0. The maximum Gasteiger partial charge on any atom is 0.0464 e. The van der Waals surface area contributed by atoms with E-state index in [-0.39, 0.29) is 0 Å². The van der Waals surface area contributed by atoms with Crippen molar-refractivity contribution in [1.29, 1.82) is 0 Å². The Morgan fingerprint density at radius 3 is 2.67 bits per heavy atom. The van der Waals surface area contributed by atoms with Gasteiger partial charge in [0.1, 0.15) is 0 Å². The average Bonchev–Trinajstić information content (AvgIpc) is 2.45. The van der Waals surface area contributed by atoms with Gasteiger partial charge in [0.15, 0.2) is 0 Å². The van der Waals surface area contributed by atoms with Crippen molar-refractivity contribution in [2.75, 3.05) is 6.61 Å². The summed E-state index contributed by atoms with van der Waals surface area (Å²) in [7, 11) is 0. The van der Waals surface area contributed by atoms with Crippen LogP contribution in [0.15, 0.2) is 0 Å². The molecule has 3 aliphatic carbocycles. The van der Waals surface area contributed by atoms with Gasteiger partial charge in [0.05, 0.1) is 0 Å². The van der Waals surface area contributed by atoms with E-state index in [1.807, 2.05) is 0 Å². The summed E-state index contributed by atoms with van der Waals surface area (Å²) in [5.41, 5.74) is 0. The van der Waals surface area contributed by atoms with Crippen molar-refractivity contribution in [3.05, 3.63) is 0 Å². The van der Waals surface area contributed by atoms with Crippen LogP contribution in [0, 0.1) is 29.6 Å². The molecule has 0 saturated heterocycles. The van der Waals surface area contributed by atoms with Gasteiger partial charge in [-0.2, -0.15) is 0 Å². The average molecular weight is 166 g/mol. The fourth-order valence-electron chi connectivity index (χ4n) is 4.39. The molecule has 0 amide bonds. The van der Waals surface area contributed by atoms with E-state index >= 15 is 0 Å². The third kappa shape index (κ3) is 0.736. The lowest BCUT2D eigenvalue weighted by Gasteiger charge is -2.53. The molecular weight excluding hydrogens is 148 g/mol. The van der Waals surface area contributed by atoms with Gasteiger partial charge in [-0.1, -0.05) is 12.8 Å². The zero-order valence-electron chi connectivity index (χ0n) is 7.58. The Kier molecular flexibility index (Phi) is 1.52. The summed E-state index contributed by atoms with van der Waals surface area (Å²) in [5, 5.41) is 9.24. The summed E-state index contributed by atoms with van der Waals surface area (Å²) in [5.74, 6) is 4.69. The standard InChI is InChI=1S/C11H18O/c12-6-10-8-3-1-2-7-4-5-9(10)11(7)8/h7-12H,1-6H2/t7-,8+,9-,10-,11-/m1/s1. The lowest BCUT2D eigenvalue weighted by Crippen LogP contribution is -2.49. The van der Waals surface area contributed by atoms with Crippen LogP contribution in [0.5, 0.6) is 0 Å². The maximum atomic E-state index is 9.24. The smallest absolute Gasteiger partial charge is 0.0464 e. The fraction of sp³-hybridized carbons (Fsp3) is 1.00. The second kappa shape index (κ2) is 2.47. The van der Waals surface area contributed by atoms with Gasteiger partial charge >= 0.3 is 0 Å². The van der Waals surface area contributed by atoms with Gasteiger partial charge in [-0.05, 0) is 48.9 Å². The van der Waals surface area contributed by atoms with Crippen LogP contribution in [0.3, 0.4) is 0 Å². The lowest BCUT2D eigenvalue weighted by molar-refractivity contribution is -0.0754. The van der Waals surface area contributed by atoms with Crippen molar-refractivity contribution in [3.63, 3.8) is 0 Å². The van der Waals surface area contributed by atoms with Crippen LogP contribution in [-0.2, 0) is 0 Å². The molecule has 1 heteroatoms. The molecule has 0 spiro atoms. The molecule has 3 fully saturated rings. The minimum absolute atomic E-state index is 0.471. The monoisotopic (exact) mass is 166 g/mol. The van der Waals surface area contributed by atoms with E-state index < -0.39 is 0 Å². The molecule has 0 aliphatic heterocycles. The van der Waals surface area contributed by atoms with Crippen molar-refractivity contribution in [1.82, 2.24) is 0 Å². The Hall–Kier alpha value is -0.0400. The number of aliphatic hydroxyl groups is 1. The van der Waals surface area contributed by atoms with Crippen molar-refractivity contribution in [2.45, 2.75) is 32.1 Å². The molecule has 3 aliphatic rings. The quantitative estimate of drug-likeness (QED) is 0.632. The van der Waals surface area contributed by atoms with Crippen LogP contribution in [0.1, 0.15) is 32.1 Å². The van der Waals surface area contributed by atoms with E-state index in [1.54, 1.807) is 0 Å². The van der Waals surface area contributed by atoms with Crippen LogP contribution in [0.2, 0.25) is 0 Å². The highest BCUT2D eigenvalue weighted by Crippen LogP contribution is 2.62. The highest BCUT2D eigenvalue weighted by molar-refractivity contribution is 5.05. The van der Waals surface area contributed by atoms with E-state index in [1.165, 1.54) is 32.1 Å². The van der Waals surface area contributed by atoms with E-state index in [0.717, 1.165) is 23.7 Å². The molecule has 0 bridgehead atoms. The van der Waals surface area contributed by atoms with Gasteiger partial charge in [-0.15, -0.1) is 0 Å². The molecule has 12 heavy (non-hydrogen) atoms. The van der Waals surface area contributed by atoms with Gasteiger partial charge < -0.3 is 5.11 Å². The molecule has 68 valence electrons. The first-order valence-electron chi connectivity index (χ1n) is 5.52. The second-order valence-electron chi connectivity index (χ2n) is 5.02. The Morgan fingerprint density at radius 2 is 1.83 bits per heavy atom. The molecule has 1 nitrogen and oxygen atoms in total. The third-order valence-corrected chi connectivity index (χ3v) is 4.83. The highest BCUT2D eigenvalue weighted by Gasteiger charge is 2.56. The van der Waals surface area contributed by atoms with Crippen LogP contribution in [0.25, 0.3) is 0 Å². The number of hydrogen-bond donors (Lipinski definition) is 1. The number of rotatable bonds is 1. The normalized spacial score (nSPS) is 56.2. The van der Waals surface area contributed by atoms with Gasteiger partial charge in [0, 0.05) is 6.61 Å². The number of aliphatic hydroxyl groups excluding tert-OH is 1. The Morgan fingerprint density at radius 1 is 1.00 bits per heavy atom. The number of hydrogen-bond acceptors (Lipinski definition) is 1. The predicted octanol–water partition coefficient (Wildman–Crippen LogP) is 2.05. The Labute approximate surface area is 74.2 Å². The van der Waals surface area contributed by atoms with Crippen molar-refractivity contribution in [2.24, 2.45) is 29.6 Å². The highest BCUT2D eigenvalue weighted by atomic mass is 16.3. The Bertz CT molecular complexity index is 189. The third-order valence-electron chi connectivity index (χ3n) is 4.83. The zero-order chi connectivity index (χ0) is 8.13. The predicted molar refractivity (Wildman–Crippen MR) is 47.6 cm³/mol. The van der Waals surface area contributed by atoms with Crippen molar-refractivity contribution in [3.8, 4) is 0 Å². The maximum absolute atomic E-state index is 9.24. The van der Waals surface area contributed by atoms with Crippen LogP contribution in [0.4, 0.5) is 0 Å². The molecule has 0 radical (unpaired) electrons. The summed E-state index contributed by atoms with van der Waals surface area (Å²) < 4.78 is 0. The first-order chi connectivity index (χ1) is 5.92. The lowest BCUT2D eigenvalue weighted by atomic mass is 9.52. The van der Waals surface area contributed by atoms with Gasteiger partial charge in [0.25, 0.3) is 0 Å². The summed E-state index contributed by atoms with van der Waals surface area (Å²) >= 11 is 0. The molecule has 0 heterocycles. The molecule has 5 atom stereocenters. The SMILES string of the molecule is OC[C@H]1[C@H]2CC[C@H]3CCC[C@@H]1[C@@H]32. The molecule has 0 aromatic rings. The second-order valence-corrected chi connectivity index (χ2v) is 5.02. The topological polar surface area (TPSA) is 20.2 Å². The fourth-order valence-corrected chi connectivity index (χ4v) is 4.39. The zero-order valence-corrected chi connectivity index (χ0v) is 7.58. The van der Waals surface area contributed by atoms with Crippen molar-refractivity contribution >= 4 is 0 Å². The molecule has 3 saturated carbocycles. The van der Waals surface area contributed by atoms with E-state index in [9.17, 15) is 5.11 Å². The Balaban J connectivity index is 1.82. The van der Waals surface area contributed by atoms with Crippen LogP contribution < -0.4 is 0 Å². The van der Waals surface area contributed by atoms with Crippen LogP contribution >= 0.6 is 0 Å². The summed E-state index contributed by atoms with van der Waals surface area (Å²) in [6.07, 6.45) is 7.26. The molecule has 0 unspecified atom stereocenters. The van der Waals surface area contributed by atoms with Gasteiger partial charge in [0.2, 0.25) is 0 Å². The van der Waals surface area contributed by atoms with Gasteiger partial charge in [-0.3, -0.25) is 0 Å². The van der Waals surface area contributed by atoms with Crippen molar-refractivity contribution < 1.29 is 5.11 Å². The first kappa shape index (κ1) is 7.37. The van der Waals surface area contributed by atoms with E-state index in [2.05, 4.69) is 0 Å². The summed E-state index contributed by atoms with van der Waals surface area (Å²) in [6, 6.07) is 0. The minimum Gasteiger partial charge on any atom is -0.396 e. The molecule has 0 aromatic heterocycles. The first-order valence-corrected chi connectivity index (χ1v) is 5.52. The van der Waals surface area contributed by atoms with Gasteiger partial charge in [-0.25, -0.2) is 0 Å². The summed E-state index contributed by atoms with van der Waals surface area (Å²) in [6.45, 7) is 0.471.